The third-order valence-electron chi connectivity index (χ3n) is 3.05. The minimum Gasteiger partial charge on any atom is -0.491 e. The van der Waals surface area contributed by atoms with Crippen molar-refractivity contribution in [2.45, 2.75) is 44.9 Å². The summed E-state index contributed by atoms with van der Waals surface area (Å²) in [6, 6.07) is 7.94. The maximum Gasteiger partial charge on any atom is 0.120 e. The van der Waals surface area contributed by atoms with Gasteiger partial charge in [0.2, 0.25) is 0 Å². The molecule has 0 bridgehead atoms. The van der Waals surface area contributed by atoms with Gasteiger partial charge in [0.1, 0.15) is 5.75 Å². The number of rotatable bonds is 4. The number of aliphatic hydroxyl groups is 1. The van der Waals surface area contributed by atoms with Gasteiger partial charge in [0, 0.05) is 6.04 Å². The summed E-state index contributed by atoms with van der Waals surface area (Å²) < 4.78 is 5.64. The average Bonchev–Trinajstić information content (AvgIpc) is 2.81. The lowest BCUT2D eigenvalue weighted by molar-refractivity contribution is 0.137. The van der Waals surface area contributed by atoms with Crippen LogP contribution in [-0.2, 0) is 0 Å². The van der Waals surface area contributed by atoms with E-state index in [1.807, 2.05) is 38.1 Å². The maximum atomic E-state index is 10.3. The predicted molar refractivity (Wildman–Crippen MR) is 68.2 cm³/mol. The van der Waals surface area contributed by atoms with Gasteiger partial charge in [-0.2, -0.15) is 0 Å². The van der Waals surface area contributed by atoms with Crippen LogP contribution >= 0.6 is 0 Å². The predicted octanol–water partition coefficient (Wildman–Crippen LogP) is 2.26. The Kier molecular flexibility index (Phi) is 4.02. The quantitative estimate of drug-likeness (QED) is 0.841. The molecule has 0 aromatic heterocycles. The van der Waals surface area contributed by atoms with Crippen LogP contribution in [0.5, 0.6) is 5.75 Å². The van der Waals surface area contributed by atoms with E-state index in [1.54, 1.807) is 0 Å². The molecule has 0 saturated carbocycles. The highest BCUT2D eigenvalue weighted by molar-refractivity contribution is 5.30. The first-order chi connectivity index (χ1) is 8.16. The van der Waals surface area contributed by atoms with Gasteiger partial charge in [0.25, 0.3) is 0 Å². The van der Waals surface area contributed by atoms with E-state index < -0.39 is 6.10 Å². The second-order valence-electron chi connectivity index (χ2n) is 4.89. The van der Waals surface area contributed by atoms with Gasteiger partial charge in [0.05, 0.1) is 12.2 Å². The fourth-order valence-electron chi connectivity index (χ4n) is 2.26. The van der Waals surface area contributed by atoms with Gasteiger partial charge in [-0.3, -0.25) is 0 Å². The molecular formula is C14H21NO2. The summed E-state index contributed by atoms with van der Waals surface area (Å²) >= 11 is 0. The number of hydrogen-bond donors (Lipinski definition) is 2. The molecule has 1 aromatic rings. The highest BCUT2D eigenvalue weighted by Gasteiger charge is 2.24. The molecule has 3 nitrogen and oxygen atoms in total. The lowest BCUT2D eigenvalue weighted by Crippen LogP contribution is -2.28. The summed E-state index contributed by atoms with van der Waals surface area (Å²) in [7, 11) is 0. The van der Waals surface area contributed by atoms with Crippen LogP contribution in [0.25, 0.3) is 0 Å². The Labute approximate surface area is 103 Å². The fraction of sp³-hybridized carbons (Fsp3) is 0.571. The average molecular weight is 235 g/mol. The zero-order valence-electron chi connectivity index (χ0n) is 10.5. The molecule has 17 heavy (non-hydrogen) atoms. The summed E-state index contributed by atoms with van der Waals surface area (Å²) in [4.78, 5) is 0. The van der Waals surface area contributed by atoms with Crippen LogP contribution in [0.1, 0.15) is 38.4 Å². The topological polar surface area (TPSA) is 41.5 Å². The van der Waals surface area contributed by atoms with Crippen molar-refractivity contribution in [1.29, 1.82) is 0 Å². The van der Waals surface area contributed by atoms with Crippen LogP contribution in [0, 0.1) is 0 Å². The van der Waals surface area contributed by atoms with E-state index >= 15 is 0 Å². The van der Waals surface area contributed by atoms with Crippen LogP contribution in [-0.4, -0.2) is 23.8 Å². The number of benzene rings is 1. The smallest absolute Gasteiger partial charge is 0.120 e. The summed E-state index contributed by atoms with van der Waals surface area (Å²) in [6.07, 6.45) is 1.90. The summed E-state index contributed by atoms with van der Waals surface area (Å²) in [5, 5.41) is 13.6. The van der Waals surface area contributed by atoms with Crippen LogP contribution in [0.4, 0.5) is 0 Å². The summed E-state index contributed by atoms with van der Waals surface area (Å²) in [6.45, 7) is 5.01. The van der Waals surface area contributed by atoms with Crippen LogP contribution in [0.15, 0.2) is 24.3 Å². The molecule has 1 heterocycles. The lowest BCUT2D eigenvalue weighted by atomic mass is 10.0. The Morgan fingerprint density at radius 2 is 2.24 bits per heavy atom. The lowest BCUT2D eigenvalue weighted by Gasteiger charge is -2.19. The Morgan fingerprint density at radius 3 is 2.88 bits per heavy atom. The van der Waals surface area contributed by atoms with E-state index in [1.165, 1.54) is 0 Å². The maximum absolute atomic E-state index is 10.3. The highest BCUT2D eigenvalue weighted by Crippen LogP contribution is 2.26. The Morgan fingerprint density at radius 1 is 1.41 bits per heavy atom. The Bertz CT molecular complexity index is 359. The first-order valence-electron chi connectivity index (χ1n) is 6.35. The van der Waals surface area contributed by atoms with E-state index in [2.05, 4.69) is 5.32 Å². The van der Waals surface area contributed by atoms with Crippen molar-refractivity contribution < 1.29 is 9.84 Å². The van der Waals surface area contributed by atoms with Crippen molar-refractivity contribution in [3.63, 3.8) is 0 Å². The molecule has 0 aliphatic carbocycles. The molecule has 1 saturated heterocycles. The van der Waals surface area contributed by atoms with Gasteiger partial charge in [-0.15, -0.1) is 0 Å². The summed E-state index contributed by atoms with van der Waals surface area (Å²) in [5.41, 5.74) is 0.933. The van der Waals surface area contributed by atoms with E-state index in [0.29, 0.717) is 0 Å². The molecule has 1 fully saturated rings. The van der Waals surface area contributed by atoms with E-state index in [0.717, 1.165) is 30.7 Å². The van der Waals surface area contributed by atoms with E-state index in [9.17, 15) is 5.11 Å². The van der Waals surface area contributed by atoms with Crippen molar-refractivity contribution >= 4 is 0 Å². The molecule has 0 amide bonds. The minimum atomic E-state index is -0.437. The fourth-order valence-corrected chi connectivity index (χ4v) is 2.26. The van der Waals surface area contributed by atoms with Gasteiger partial charge in [0.15, 0.2) is 0 Å². The van der Waals surface area contributed by atoms with Gasteiger partial charge >= 0.3 is 0 Å². The SMILES string of the molecule is CC(C)Oc1cccc(C(O)C2CCCN2)c1. The van der Waals surface area contributed by atoms with Gasteiger partial charge in [-0.25, -0.2) is 0 Å². The van der Waals surface area contributed by atoms with Crippen molar-refractivity contribution in [1.82, 2.24) is 5.32 Å². The van der Waals surface area contributed by atoms with Gasteiger partial charge < -0.3 is 15.2 Å². The van der Waals surface area contributed by atoms with Crippen molar-refractivity contribution in [2.24, 2.45) is 0 Å². The second-order valence-corrected chi connectivity index (χ2v) is 4.89. The van der Waals surface area contributed by atoms with Crippen LogP contribution in [0.3, 0.4) is 0 Å². The number of hydrogen-bond acceptors (Lipinski definition) is 3. The molecule has 94 valence electrons. The molecule has 1 aromatic carbocycles. The molecular weight excluding hydrogens is 214 g/mol. The molecule has 1 aliphatic rings. The monoisotopic (exact) mass is 235 g/mol. The van der Waals surface area contributed by atoms with Gasteiger partial charge in [-0.1, -0.05) is 12.1 Å². The third kappa shape index (κ3) is 3.20. The zero-order chi connectivity index (χ0) is 12.3. The number of ether oxygens (including phenoxy) is 1. The molecule has 2 atom stereocenters. The minimum absolute atomic E-state index is 0.159. The standard InChI is InChI=1S/C14H21NO2/c1-10(2)17-12-6-3-5-11(9-12)14(16)13-7-4-8-15-13/h3,5-6,9-10,13-16H,4,7-8H2,1-2H3. The van der Waals surface area contributed by atoms with Crippen LogP contribution < -0.4 is 10.1 Å². The molecule has 2 rings (SSSR count). The molecule has 1 aliphatic heterocycles. The summed E-state index contributed by atoms with van der Waals surface area (Å²) in [5.74, 6) is 0.828. The molecule has 3 heteroatoms. The molecule has 0 radical (unpaired) electrons. The number of nitrogens with one attached hydrogen (secondary N) is 1. The molecule has 2 N–H and O–H groups in total. The Balaban J connectivity index is 2.09. The van der Waals surface area contributed by atoms with Crippen molar-refractivity contribution in [2.75, 3.05) is 6.54 Å². The zero-order valence-corrected chi connectivity index (χ0v) is 10.5. The highest BCUT2D eigenvalue weighted by atomic mass is 16.5. The van der Waals surface area contributed by atoms with Gasteiger partial charge in [-0.05, 0) is 50.9 Å². The second kappa shape index (κ2) is 5.52. The van der Waals surface area contributed by atoms with Crippen molar-refractivity contribution in [3.8, 4) is 5.75 Å². The first-order valence-corrected chi connectivity index (χ1v) is 6.35. The van der Waals surface area contributed by atoms with Crippen LogP contribution in [0.2, 0.25) is 0 Å². The molecule has 2 unspecified atom stereocenters. The first kappa shape index (κ1) is 12.4. The van der Waals surface area contributed by atoms with Crippen molar-refractivity contribution in [3.05, 3.63) is 29.8 Å². The largest absolute Gasteiger partial charge is 0.491 e. The normalized spacial score (nSPS) is 21.8. The van der Waals surface area contributed by atoms with E-state index in [-0.39, 0.29) is 12.1 Å². The number of aliphatic hydroxyl groups excluding tert-OH is 1. The Hall–Kier alpha value is -1.06. The van der Waals surface area contributed by atoms with E-state index in [4.69, 9.17) is 4.74 Å². The molecule has 0 spiro atoms. The third-order valence-corrected chi connectivity index (χ3v) is 3.05.